The Morgan fingerprint density at radius 2 is 2.10 bits per heavy atom. The Kier molecular flexibility index (Phi) is 1.94. The molecule has 54 valence electrons. The molecular formula is C7H9BrNO+. The van der Waals surface area contributed by atoms with Crippen molar-refractivity contribution in [3.8, 4) is 0 Å². The van der Waals surface area contributed by atoms with E-state index in [-0.39, 0.29) is 0 Å². The summed E-state index contributed by atoms with van der Waals surface area (Å²) in [5, 5.41) is 9.17. The summed E-state index contributed by atoms with van der Waals surface area (Å²) in [6, 6.07) is 1.96. The minimum absolute atomic E-state index is 0.811. The van der Waals surface area contributed by atoms with Crippen molar-refractivity contribution in [2.45, 2.75) is 13.8 Å². The third-order valence-electron chi connectivity index (χ3n) is 1.37. The van der Waals surface area contributed by atoms with Gasteiger partial charge in [0.05, 0.1) is 4.47 Å². The highest BCUT2D eigenvalue weighted by Gasteiger charge is 2.08. The Labute approximate surface area is 68.2 Å². The summed E-state index contributed by atoms with van der Waals surface area (Å²) >= 11 is 3.32. The first-order chi connectivity index (χ1) is 4.61. The van der Waals surface area contributed by atoms with E-state index in [9.17, 15) is 0 Å². The quantitative estimate of drug-likeness (QED) is 0.502. The van der Waals surface area contributed by atoms with Crippen LogP contribution in [0.5, 0.6) is 0 Å². The molecule has 1 rings (SSSR count). The molecule has 0 bridgehead atoms. The lowest BCUT2D eigenvalue weighted by Gasteiger charge is -1.93. The second-order valence-electron chi connectivity index (χ2n) is 2.30. The molecule has 1 N–H and O–H groups in total. The fraction of sp³-hybridized carbons (Fsp3) is 0.286. The average molecular weight is 203 g/mol. The van der Waals surface area contributed by atoms with Crippen LogP contribution in [0.1, 0.15) is 11.3 Å². The molecule has 2 nitrogen and oxygen atoms in total. The SMILES string of the molecule is Cc1cc(Br)c(C)[n+](O)c1. The van der Waals surface area contributed by atoms with Crippen LogP contribution >= 0.6 is 15.9 Å². The maximum absolute atomic E-state index is 9.17. The van der Waals surface area contributed by atoms with Crippen molar-refractivity contribution < 1.29 is 9.94 Å². The van der Waals surface area contributed by atoms with E-state index in [2.05, 4.69) is 15.9 Å². The molecule has 0 aliphatic heterocycles. The van der Waals surface area contributed by atoms with E-state index >= 15 is 0 Å². The van der Waals surface area contributed by atoms with Crippen LogP contribution in [-0.4, -0.2) is 5.21 Å². The molecule has 0 saturated heterocycles. The van der Waals surface area contributed by atoms with Gasteiger partial charge in [0, 0.05) is 17.2 Å². The topological polar surface area (TPSA) is 24.1 Å². The highest BCUT2D eigenvalue weighted by molar-refractivity contribution is 9.10. The van der Waals surface area contributed by atoms with Crippen LogP contribution in [0.4, 0.5) is 0 Å². The average Bonchev–Trinajstić information content (AvgIpc) is 1.82. The monoisotopic (exact) mass is 202 g/mol. The van der Waals surface area contributed by atoms with Crippen molar-refractivity contribution in [1.29, 1.82) is 0 Å². The second-order valence-corrected chi connectivity index (χ2v) is 3.15. The molecule has 0 atom stereocenters. The van der Waals surface area contributed by atoms with E-state index in [0.29, 0.717) is 0 Å². The van der Waals surface area contributed by atoms with Crippen LogP contribution in [0.25, 0.3) is 0 Å². The zero-order chi connectivity index (χ0) is 7.72. The van der Waals surface area contributed by atoms with Crippen molar-refractivity contribution in [1.82, 2.24) is 0 Å². The smallest absolute Gasteiger partial charge is 0.245 e. The lowest BCUT2D eigenvalue weighted by atomic mass is 10.3. The van der Waals surface area contributed by atoms with Crippen LogP contribution in [0.15, 0.2) is 16.7 Å². The van der Waals surface area contributed by atoms with Crippen molar-refractivity contribution in [3.63, 3.8) is 0 Å². The van der Waals surface area contributed by atoms with Gasteiger partial charge in [-0.3, -0.25) is 5.21 Å². The Bertz CT molecular complexity index is 237. The van der Waals surface area contributed by atoms with Crippen LogP contribution < -0.4 is 4.73 Å². The van der Waals surface area contributed by atoms with E-state index in [1.807, 2.05) is 19.9 Å². The van der Waals surface area contributed by atoms with Crippen LogP contribution in [0.3, 0.4) is 0 Å². The first-order valence-electron chi connectivity index (χ1n) is 2.99. The number of halogens is 1. The summed E-state index contributed by atoms with van der Waals surface area (Å²) in [6.45, 7) is 3.76. The van der Waals surface area contributed by atoms with Crippen LogP contribution in [-0.2, 0) is 0 Å². The third kappa shape index (κ3) is 1.29. The highest BCUT2D eigenvalue weighted by atomic mass is 79.9. The molecule has 0 unspecified atom stereocenters. The number of aromatic nitrogens is 1. The molecule has 0 aliphatic rings. The fourth-order valence-corrected chi connectivity index (χ4v) is 1.28. The molecule has 0 radical (unpaired) electrons. The molecule has 0 aliphatic carbocycles. The summed E-state index contributed by atoms with van der Waals surface area (Å²) in [4.78, 5) is 0. The zero-order valence-corrected chi connectivity index (χ0v) is 7.51. The van der Waals surface area contributed by atoms with E-state index in [1.165, 1.54) is 0 Å². The molecule has 1 heterocycles. The predicted octanol–water partition coefficient (Wildman–Crippen LogP) is 1.59. The summed E-state index contributed by atoms with van der Waals surface area (Å²) in [5.74, 6) is 0. The maximum Gasteiger partial charge on any atom is 0.245 e. The molecule has 1 aromatic rings. The van der Waals surface area contributed by atoms with E-state index in [4.69, 9.17) is 5.21 Å². The van der Waals surface area contributed by atoms with E-state index in [1.54, 1.807) is 6.20 Å². The predicted molar refractivity (Wildman–Crippen MR) is 41.0 cm³/mol. The number of aryl methyl sites for hydroxylation is 1. The van der Waals surface area contributed by atoms with Gasteiger partial charge in [-0.25, -0.2) is 0 Å². The maximum atomic E-state index is 9.17. The van der Waals surface area contributed by atoms with Gasteiger partial charge in [-0.2, -0.15) is 0 Å². The van der Waals surface area contributed by atoms with Crippen LogP contribution in [0.2, 0.25) is 0 Å². The molecular weight excluding hydrogens is 194 g/mol. The van der Waals surface area contributed by atoms with Gasteiger partial charge in [-0.15, -0.1) is 0 Å². The molecule has 3 heteroatoms. The van der Waals surface area contributed by atoms with Gasteiger partial charge in [-0.1, -0.05) is 0 Å². The van der Waals surface area contributed by atoms with E-state index < -0.39 is 0 Å². The standard InChI is InChI=1S/C7H9BrNO/c1-5-3-7(8)6(2)9(10)4-5/h3-4,10H,1-2H3/q+1. The summed E-state index contributed by atoms with van der Waals surface area (Å²) < 4.78 is 2.04. The first-order valence-corrected chi connectivity index (χ1v) is 3.78. The zero-order valence-electron chi connectivity index (χ0n) is 5.93. The summed E-state index contributed by atoms with van der Waals surface area (Å²) in [5.41, 5.74) is 1.84. The normalized spacial score (nSPS) is 9.90. The van der Waals surface area contributed by atoms with Crippen molar-refractivity contribution in [2.75, 3.05) is 0 Å². The number of pyridine rings is 1. The Morgan fingerprint density at radius 1 is 1.50 bits per heavy atom. The van der Waals surface area contributed by atoms with Gasteiger partial charge in [0.2, 0.25) is 11.9 Å². The molecule has 0 aromatic carbocycles. The van der Waals surface area contributed by atoms with Crippen molar-refractivity contribution >= 4 is 15.9 Å². The van der Waals surface area contributed by atoms with Crippen LogP contribution in [0, 0.1) is 13.8 Å². The minimum atomic E-state index is 0.811. The molecule has 0 fully saturated rings. The van der Waals surface area contributed by atoms with Gasteiger partial charge < -0.3 is 0 Å². The summed E-state index contributed by atoms with van der Waals surface area (Å²) in [7, 11) is 0. The second kappa shape index (κ2) is 2.58. The summed E-state index contributed by atoms with van der Waals surface area (Å²) in [6.07, 6.45) is 1.67. The number of rotatable bonds is 0. The lowest BCUT2D eigenvalue weighted by molar-refractivity contribution is -0.909. The first kappa shape index (κ1) is 7.54. The van der Waals surface area contributed by atoms with Gasteiger partial charge >= 0.3 is 0 Å². The van der Waals surface area contributed by atoms with Gasteiger partial charge in [-0.05, 0) is 28.9 Å². The molecule has 0 spiro atoms. The molecule has 10 heavy (non-hydrogen) atoms. The van der Waals surface area contributed by atoms with Crippen molar-refractivity contribution in [2.24, 2.45) is 0 Å². The molecule has 0 saturated carbocycles. The molecule has 1 aromatic heterocycles. The van der Waals surface area contributed by atoms with E-state index in [0.717, 1.165) is 20.5 Å². The Balaban J connectivity index is 3.31. The highest BCUT2D eigenvalue weighted by Crippen LogP contribution is 2.12. The largest absolute Gasteiger partial charge is 0.285 e. The minimum Gasteiger partial charge on any atom is -0.285 e. The number of nitrogens with zero attached hydrogens (tertiary/aromatic N) is 1. The number of hydrogen-bond acceptors (Lipinski definition) is 1. The Morgan fingerprint density at radius 3 is 2.60 bits per heavy atom. The van der Waals surface area contributed by atoms with Gasteiger partial charge in [0.25, 0.3) is 0 Å². The third-order valence-corrected chi connectivity index (χ3v) is 2.17. The number of hydrogen-bond donors (Lipinski definition) is 1. The molecule has 0 amide bonds. The van der Waals surface area contributed by atoms with Gasteiger partial charge in [0.15, 0.2) is 0 Å². The fourth-order valence-electron chi connectivity index (χ4n) is 0.741. The van der Waals surface area contributed by atoms with Crippen molar-refractivity contribution in [3.05, 3.63) is 28.0 Å². The lowest BCUT2D eigenvalue weighted by Crippen LogP contribution is -2.33. The Hall–Kier alpha value is -0.570. The van der Waals surface area contributed by atoms with Gasteiger partial charge in [0.1, 0.15) is 0 Å².